The van der Waals surface area contributed by atoms with E-state index in [0.29, 0.717) is 0 Å². The van der Waals surface area contributed by atoms with Crippen LogP contribution in [0.1, 0.15) is 0 Å². The minimum Gasteiger partial charge on any atom is -0.481 e. The van der Waals surface area contributed by atoms with Crippen LogP contribution in [0.4, 0.5) is 0 Å². The third-order valence-corrected chi connectivity index (χ3v) is 3.77. The van der Waals surface area contributed by atoms with Crippen molar-refractivity contribution in [3.05, 3.63) is 0 Å². The van der Waals surface area contributed by atoms with Crippen molar-refractivity contribution in [1.29, 1.82) is 0 Å². The summed E-state index contributed by atoms with van der Waals surface area (Å²) in [6.07, 6.45) is 0. The SMILES string of the molecule is NC(CSCC(=O)O)C(=O)O.NC(CSCC(=O)O)C(=O)O.[Zn+2]. The Balaban J connectivity index is -0.000000333. The van der Waals surface area contributed by atoms with Crippen LogP contribution >= 0.6 is 23.5 Å². The van der Waals surface area contributed by atoms with Gasteiger partial charge in [-0.15, -0.1) is 23.5 Å². The third kappa shape index (κ3) is 21.1. The van der Waals surface area contributed by atoms with Crippen LogP contribution in [-0.4, -0.2) is 79.4 Å². The van der Waals surface area contributed by atoms with E-state index in [2.05, 4.69) is 0 Å². The number of carbonyl (C=O) groups is 4. The van der Waals surface area contributed by atoms with Gasteiger partial charge in [0.05, 0.1) is 11.5 Å². The second kappa shape index (κ2) is 16.0. The van der Waals surface area contributed by atoms with Crippen molar-refractivity contribution in [3.63, 3.8) is 0 Å². The van der Waals surface area contributed by atoms with Crippen molar-refractivity contribution in [1.82, 2.24) is 0 Å². The molecule has 10 nitrogen and oxygen atoms in total. The average Bonchev–Trinajstić information content (AvgIpc) is 2.38. The molecule has 0 aliphatic carbocycles. The predicted molar refractivity (Wildman–Crippen MR) is 81.1 cm³/mol. The second-order valence-electron chi connectivity index (χ2n) is 3.71. The summed E-state index contributed by atoms with van der Waals surface area (Å²) in [5.41, 5.74) is 10.2. The van der Waals surface area contributed by atoms with Gasteiger partial charge in [-0.25, -0.2) is 0 Å². The van der Waals surface area contributed by atoms with E-state index < -0.39 is 36.0 Å². The fourth-order valence-corrected chi connectivity index (χ4v) is 2.07. The van der Waals surface area contributed by atoms with Gasteiger partial charge in [0.15, 0.2) is 0 Å². The normalized spacial score (nSPS) is 11.9. The van der Waals surface area contributed by atoms with Gasteiger partial charge in [-0.2, -0.15) is 0 Å². The zero-order valence-electron chi connectivity index (χ0n) is 12.1. The van der Waals surface area contributed by atoms with E-state index in [1.54, 1.807) is 0 Å². The molecule has 128 valence electrons. The average molecular weight is 424 g/mol. The minimum atomic E-state index is -1.11. The quantitative estimate of drug-likeness (QED) is 0.221. The smallest absolute Gasteiger partial charge is 0.481 e. The van der Waals surface area contributed by atoms with Crippen LogP contribution in [0, 0.1) is 0 Å². The number of hydrogen-bond donors (Lipinski definition) is 6. The minimum absolute atomic E-state index is 0. The topological polar surface area (TPSA) is 201 Å². The maximum absolute atomic E-state index is 10.1. The number of aliphatic carboxylic acids is 4. The molecule has 23 heavy (non-hydrogen) atoms. The Hall–Kier alpha value is -0.877. The summed E-state index contributed by atoms with van der Waals surface area (Å²) in [5, 5.41) is 32.8. The molecular weight excluding hydrogens is 406 g/mol. The molecule has 0 amide bonds. The van der Waals surface area contributed by atoms with Crippen LogP contribution in [0.2, 0.25) is 0 Å². The first kappa shape index (κ1) is 27.0. The van der Waals surface area contributed by atoms with Crippen LogP contribution in [0.25, 0.3) is 0 Å². The van der Waals surface area contributed by atoms with E-state index in [1.165, 1.54) is 0 Å². The standard InChI is InChI=1S/2C5H9NO4S.Zn/c2*6-3(5(9)10)1-11-2-4(7)8;/h2*3H,1-2,6H2,(H,7,8)(H,9,10);/q;;+2. The summed E-state index contributed by atoms with van der Waals surface area (Å²) < 4.78 is 0. The third-order valence-electron chi connectivity index (χ3n) is 1.68. The number of thioether (sulfide) groups is 2. The van der Waals surface area contributed by atoms with Crippen LogP contribution < -0.4 is 11.5 Å². The molecule has 0 bridgehead atoms. The van der Waals surface area contributed by atoms with Gasteiger partial charge < -0.3 is 31.9 Å². The monoisotopic (exact) mass is 422 g/mol. The molecule has 0 rings (SSSR count). The molecule has 0 aliphatic heterocycles. The largest absolute Gasteiger partial charge is 2.00 e. The molecule has 0 aliphatic rings. The zero-order chi connectivity index (χ0) is 17.7. The van der Waals surface area contributed by atoms with Gasteiger partial charge >= 0.3 is 43.4 Å². The Morgan fingerprint density at radius 2 is 1.00 bits per heavy atom. The Morgan fingerprint density at radius 1 is 0.739 bits per heavy atom. The fourth-order valence-electron chi connectivity index (χ4n) is 0.689. The van der Waals surface area contributed by atoms with Gasteiger partial charge in [-0.3, -0.25) is 19.2 Å². The number of carboxylic acids is 4. The number of carboxylic acid groups (broad SMARTS) is 4. The summed E-state index contributed by atoms with van der Waals surface area (Å²) in [6.45, 7) is 0. The Kier molecular flexibility index (Phi) is 18.8. The molecule has 0 aromatic rings. The maximum atomic E-state index is 10.1. The molecule has 0 saturated heterocycles. The van der Waals surface area contributed by atoms with E-state index in [4.69, 9.17) is 31.9 Å². The summed E-state index contributed by atoms with van der Waals surface area (Å²) in [7, 11) is 0. The van der Waals surface area contributed by atoms with Crippen molar-refractivity contribution >= 4 is 47.4 Å². The van der Waals surface area contributed by atoms with Crippen LogP contribution in [0.5, 0.6) is 0 Å². The van der Waals surface area contributed by atoms with Gasteiger partial charge in [-0.05, 0) is 0 Å². The molecule has 0 fully saturated rings. The van der Waals surface area contributed by atoms with E-state index in [1.807, 2.05) is 0 Å². The summed E-state index contributed by atoms with van der Waals surface area (Å²) >= 11 is 1.98. The molecule has 0 radical (unpaired) electrons. The first-order chi connectivity index (χ1) is 10.1. The van der Waals surface area contributed by atoms with Gasteiger partial charge in [-0.1, -0.05) is 0 Å². The van der Waals surface area contributed by atoms with E-state index in [0.717, 1.165) is 23.5 Å². The molecular formula is C10H18N2O8S2Zn+2. The Labute approximate surface area is 153 Å². The summed E-state index contributed by atoms with van der Waals surface area (Å²) in [6, 6.07) is -1.95. The summed E-state index contributed by atoms with van der Waals surface area (Å²) in [5.74, 6) is -4.11. The molecule has 8 N–H and O–H groups in total. The van der Waals surface area contributed by atoms with Crippen molar-refractivity contribution in [3.8, 4) is 0 Å². The second-order valence-corrected chi connectivity index (χ2v) is 5.77. The first-order valence-corrected chi connectivity index (χ1v) is 7.94. The zero-order valence-corrected chi connectivity index (χ0v) is 16.7. The van der Waals surface area contributed by atoms with Gasteiger partial charge in [0.2, 0.25) is 0 Å². The molecule has 2 atom stereocenters. The Bertz CT molecular complexity index is 363. The molecule has 0 heterocycles. The van der Waals surface area contributed by atoms with E-state index >= 15 is 0 Å². The predicted octanol–water partition coefficient (Wildman–Crippen LogP) is -1.57. The number of nitrogens with two attached hydrogens (primary N) is 2. The molecule has 2 unspecified atom stereocenters. The van der Waals surface area contributed by atoms with Gasteiger partial charge in [0.1, 0.15) is 12.1 Å². The molecule has 0 spiro atoms. The first-order valence-electron chi connectivity index (χ1n) is 5.63. The van der Waals surface area contributed by atoms with Crippen molar-refractivity contribution in [2.75, 3.05) is 23.0 Å². The Morgan fingerprint density at radius 3 is 1.17 bits per heavy atom. The van der Waals surface area contributed by atoms with Crippen molar-refractivity contribution in [2.24, 2.45) is 11.5 Å². The fraction of sp³-hybridized carbons (Fsp3) is 0.600. The van der Waals surface area contributed by atoms with Crippen molar-refractivity contribution < 1.29 is 59.1 Å². The molecule has 13 heteroatoms. The van der Waals surface area contributed by atoms with E-state index in [-0.39, 0.29) is 42.5 Å². The molecule has 0 aromatic carbocycles. The maximum Gasteiger partial charge on any atom is 2.00 e. The van der Waals surface area contributed by atoms with Crippen LogP contribution in [0.15, 0.2) is 0 Å². The molecule has 0 saturated carbocycles. The molecule has 0 aromatic heterocycles. The number of hydrogen-bond acceptors (Lipinski definition) is 8. The van der Waals surface area contributed by atoms with Crippen molar-refractivity contribution in [2.45, 2.75) is 12.1 Å². The number of rotatable bonds is 10. The van der Waals surface area contributed by atoms with Crippen LogP contribution in [0.3, 0.4) is 0 Å². The van der Waals surface area contributed by atoms with Crippen LogP contribution in [-0.2, 0) is 38.7 Å². The van der Waals surface area contributed by atoms with E-state index in [9.17, 15) is 19.2 Å². The van der Waals surface area contributed by atoms with Gasteiger partial charge in [0.25, 0.3) is 0 Å². The van der Waals surface area contributed by atoms with Gasteiger partial charge in [0, 0.05) is 11.5 Å². The summed E-state index contributed by atoms with van der Waals surface area (Å²) in [4.78, 5) is 40.1.